The first kappa shape index (κ1) is 16.2. The quantitative estimate of drug-likeness (QED) is 0.538. The van der Waals surface area contributed by atoms with Gasteiger partial charge in [-0.1, -0.05) is 36.8 Å². The smallest absolute Gasteiger partial charge is 0.235 e. The van der Waals surface area contributed by atoms with Crippen LogP contribution in [0.15, 0.2) is 24.3 Å². The van der Waals surface area contributed by atoms with E-state index < -0.39 is 5.82 Å². The Morgan fingerprint density at radius 2 is 1.96 bits per heavy atom. The van der Waals surface area contributed by atoms with Gasteiger partial charge in [0.15, 0.2) is 5.01 Å². The highest BCUT2D eigenvalue weighted by Crippen LogP contribution is 2.31. The summed E-state index contributed by atoms with van der Waals surface area (Å²) in [5.41, 5.74) is 2.16. The monoisotopic (exact) mass is 376 g/mol. The molecule has 0 N–H and O–H groups in total. The first-order valence-corrected chi connectivity index (χ1v) is 8.85. The second-order valence-electron chi connectivity index (χ2n) is 5.98. The van der Waals surface area contributed by atoms with Crippen LogP contribution in [-0.4, -0.2) is 29.6 Å². The number of aryl methyl sites for hydroxylation is 1. The summed E-state index contributed by atoms with van der Waals surface area (Å²) in [6.45, 7) is 4.16. The Bertz CT molecular complexity index is 1080. The van der Waals surface area contributed by atoms with Gasteiger partial charge in [0.25, 0.3) is 0 Å². The molecule has 0 aliphatic carbocycles. The van der Waals surface area contributed by atoms with E-state index in [4.69, 9.17) is 11.6 Å². The van der Waals surface area contributed by atoms with Gasteiger partial charge in [0.2, 0.25) is 10.8 Å². The molecule has 0 atom stereocenters. The third-order valence-electron chi connectivity index (χ3n) is 3.87. The molecule has 0 unspecified atom stereocenters. The van der Waals surface area contributed by atoms with Crippen LogP contribution in [0.4, 0.5) is 4.39 Å². The Labute approximate surface area is 151 Å². The molecule has 0 saturated heterocycles. The lowest BCUT2D eigenvalue weighted by atomic mass is 10.1. The molecule has 3 aromatic heterocycles. The summed E-state index contributed by atoms with van der Waals surface area (Å²) in [5.74, 6) is 0.466. The van der Waals surface area contributed by atoms with E-state index in [1.165, 1.54) is 17.4 Å². The summed E-state index contributed by atoms with van der Waals surface area (Å²) in [5, 5.41) is 18.2. The largest absolute Gasteiger partial charge is 0.264 e. The molecular formula is C16H14ClFN6S. The standard InChI is InChI=1S/C16H14ClFN6S/c1-8(2)12-7-13(23(3)21-12)14-19-20-16-24(14)22-15(25-16)10-5-4-9(17)6-11(10)18/h4-8H,1-3H3. The first-order valence-electron chi connectivity index (χ1n) is 7.66. The average molecular weight is 377 g/mol. The fourth-order valence-corrected chi connectivity index (χ4v) is 3.55. The Hall–Kier alpha value is -2.32. The van der Waals surface area contributed by atoms with E-state index in [-0.39, 0.29) is 0 Å². The zero-order valence-electron chi connectivity index (χ0n) is 13.7. The maximum Gasteiger partial charge on any atom is 0.235 e. The van der Waals surface area contributed by atoms with Crippen molar-refractivity contribution in [2.24, 2.45) is 7.05 Å². The van der Waals surface area contributed by atoms with Crippen molar-refractivity contribution in [3.63, 3.8) is 0 Å². The van der Waals surface area contributed by atoms with Gasteiger partial charge in [-0.2, -0.15) is 14.7 Å². The molecule has 0 aliphatic rings. The Morgan fingerprint density at radius 1 is 1.16 bits per heavy atom. The molecule has 1 aromatic carbocycles. The van der Waals surface area contributed by atoms with Crippen LogP contribution < -0.4 is 0 Å². The van der Waals surface area contributed by atoms with Crippen LogP contribution in [0, 0.1) is 5.82 Å². The topological polar surface area (TPSA) is 60.9 Å². The number of hydrogen-bond donors (Lipinski definition) is 0. The van der Waals surface area contributed by atoms with Crippen molar-refractivity contribution in [2.75, 3.05) is 0 Å². The van der Waals surface area contributed by atoms with Crippen LogP contribution >= 0.6 is 22.9 Å². The lowest BCUT2D eigenvalue weighted by Crippen LogP contribution is -1.99. The molecule has 4 rings (SSSR count). The number of hydrogen-bond acceptors (Lipinski definition) is 5. The molecule has 4 aromatic rings. The van der Waals surface area contributed by atoms with Crippen molar-refractivity contribution in [3.8, 4) is 22.1 Å². The van der Waals surface area contributed by atoms with Crippen LogP contribution in [0.5, 0.6) is 0 Å². The summed E-state index contributed by atoms with van der Waals surface area (Å²) in [6, 6.07) is 6.50. The van der Waals surface area contributed by atoms with Crippen molar-refractivity contribution in [3.05, 3.63) is 40.8 Å². The Morgan fingerprint density at radius 3 is 2.64 bits per heavy atom. The number of rotatable bonds is 3. The van der Waals surface area contributed by atoms with Crippen LogP contribution in [0.25, 0.3) is 27.1 Å². The van der Waals surface area contributed by atoms with E-state index in [0.717, 1.165) is 11.4 Å². The minimum absolute atomic E-state index is 0.303. The predicted octanol–water partition coefficient (Wildman–Crippen LogP) is 4.17. The first-order chi connectivity index (χ1) is 11.9. The third-order valence-corrected chi connectivity index (χ3v) is 5.04. The minimum atomic E-state index is -0.415. The van der Waals surface area contributed by atoms with E-state index in [1.807, 2.05) is 13.1 Å². The van der Waals surface area contributed by atoms with Gasteiger partial charge in [0.1, 0.15) is 11.5 Å². The Kier molecular flexibility index (Phi) is 3.81. The molecule has 0 aliphatic heterocycles. The number of halogens is 2. The minimum Gasteiger partial charge on any atom is -0.264 e. The zero-order valence-corrected chi connectivity index (χ0v) is 15.3. The van der Waals surface area contributed by atoms with Gasteiger partial charge in [-0.25, -0.2) is 4.39 Å². The second-order valence-corrected chi connectivity index (χ2v) is 7.37. The maximum atomic E-state index is 14.2. The van der Waals surface area contributed by atoms with Gasteiger partial charge >= 0.3 is 0 Å². The summed E-state index contributed by atoms with van der Waals surface area (Å²) in [7, 11) is 1.86. The van der Waals surface area contributed by atoms with Crippen LogP contribution in [0.1, 0.15) is 25.5 Å². The van der Waals surface area contributed by atoms with Gasteiger partial charge in [0, 0.05) is 17.6 Å². The molecule has 0 fully saturated rings. The van der Waals surface area contributed by atoms with E-state index in [0.29, 0.717) is 32.3 Å². The van der Waals surface area contributed by atoms with E-state index in [1.54, 1.807) is 21.3 Å². The molecule has 0 saturated carbocycles. The molecule has 25 heavy (non-hydrogen) atoms. The SMILES string of the molecule is CC(C)c1cc(-c2nnc3sc(-c4ccc(Cl)cc4F)nn23)n(C)n1. The number of fused-ring (bicyclic) bond motifs is 1. The Balaban J connectivity index is 1.84. The number of nitrogens with zero attached hydrogens (tertiary/aromatic N) is 6. The van der Waals surface area contributed by atoms with Crippen molar-refractivity contribution in [1.29, 1.82) is 0 Å². The molecule has 9 heteroatoms. The van der Waals surface area contributed by atoms with Gasteiger partial charge in [-0.3, -0.25) is 4.68 Å². The van der Waals surface area contributed by atoms with Crippen molar-refractivity contribution < 1.29 is 4.39 Å². The lowest BCUT2D eigenvalue weighted by Gasteiger charge is -1.99. The fourth-order valence-electron chi connectivity index (χ4n) is 2.53. The summed E-state index contributed by atoms with van der Waals surface area (Å²) < 4.78 is 17.6. The average Bonchev–Trinajstić information content (AvgIpc) is 3.21. The zero-order chi connectivity index (χ0) is 17.7. The molecule has 3 heterocycles. The highest BCUT2D eigenvalue weighted by Gasteiger charge is 2.20. The molecule has 0 radical (unpaired) electrons. The van der Waals surface area contributed by atoms with Crippen LogP contribution in [-0.2, 0) is 7.05 Å². The summed E-state index contributed by atoms with van der Waals surface area (Å²) >= 11 is 7.09. The van der Waals surface area contributed by atoms with E-state index >= 15 is 0 Å². The lowest BCUT2D eigenvalue weighted by molar-refractivity contribution is 0.631. The molecule has 0 bridgehead atoms. The van der Waals surface area contributed by atoms with Gasteiger partial charge in [0.05, 0.1) is 5.69 Å². The molecule has 0 amide bonds. The number of benzene rings is 1. The van der Waals surface area contributed by atoms with E-state index in [9.17, 15) is 4.39 Å². The number of aromatic nitrogens is 6. The highest BCUT2D eigenvalue weighted by atomic mass is 35.5. The van der Waals surface area contributed by atoms with E-state index in [2.05, 4.69) is 34.2 Å². The molecule has 128 valence electrons. The van der Waals surface area contributed by atoms with Gasteiger partial charge < -0.3 is 0 Å². The van der Waals surface area contributed by atoms with Gasteiger partial charge in [-0.05, 0) is 30.2 Å². The molecule has 0 spiro atoms. The predicted molar refractivity (Wildman–Crippen MR) is 95.4 cm³/mol. The van der Waals surface area contributed by atoms with Crippen LogP contribution in [0.2, 0.25) is 5.02 Å². The van der Waals surface area contributed by atoms with Crippen molar-refractivity contribution >= 4 is 27.9 Å². The molecule has 6 nitrogen and oxygen atoms in total. The summed E-state index contributed by atoms with van der Waals surface area (Å²) in [6.07, 6.45) is 0. The van der Waals surface area contributed by atoms with Gasteiger partial charge in [-0.15, -0.1) is 10.2 Å². The van der Waals surface area contributed by atoms with Crippen LogP contribution in [0.3, 0.4) is 0 Å². The third kappa shape index (κ3) is 2.71. The molecular weight excluding hydrogens is 363 g/mol. The highest BCUT2D eigenvalue weighted by molar-refractivity contribution is 7.19. The van der Waals surface area contributed by atoms with Crippen molar-refractivity contribution in [2.45, 2.75) is 19.8 Å². The second kappa shape index (κ2) is 5.89. The normalized spacial score (nSPS) is 11.8. The fraction of sp³-hybridized carbons (Fsp3) is 0.250. The summed E-state index contributed by atoms with van der Waals surface area (Å²) in [4.78, 5) is 0.589. The van der Waals surface area contributed by atoms with Crippen molar-refractivity contribution in [1.82, 2.24) is 29.6 Å². The maximum absolute atomic E-state index is 14.2.